The molecule has 30 heavy (non-hydrogen) atoms. The van der Waals surface area contributed by atoms with E-state index in [1.165, 1.54) is 40.3 Å². The fourth-order valence-corrected chi connectivity index (χ4v) is 3.87. The van der Waals surface area contributed by atoms with Crippen molar-refractivity contribution in [2.45, 2.75) is 19.9 Å². The molecule has 9 heteroatoms. The molecule has 0 saturated carbocycles. The van der Waals surface area contributed by atoms with Gasteiger partial charge in [0.05, 0.1) is 44.4 Å². The second kappa shape index (κ2) is 9.71. The Morgan fingerprint density at radius 1 is 1.03 bits per heavy atom. The van der Waals surface area contributed by atoms with E-state index in [0.29, 0.717) is 17.2 Å². The normalized spacial score (nSPS) is 12.1. The van der Waals surface area contributed by atoms with Crippen LogP contribution in [0.5, 0.6) is 17.2 Å². The molecule has 2 aromatic carbocycles. The van der Waals surface area contributed by atoms with Crippen molar-refractivity contribution in [1.29, 1.82) is 0 Å². The predicted octanol–water partition coefficient (Wildman–Crippen LogP) is 2.99. The summed E-state index contributed by atoms with van der Waals surface area (Å²) in [6, 6.07) is 9.92. The van der Waals surface area contributed by atoms with Crippen LogP contribution in [0.4, 0.5) is 5.69 Å². The smallest absolute Gasteiger partial charge is 0.254 e. The number of sulfonamides is 1. The van der Waals surface area contributed by atoms with Crippen LogP contribution in [0.15, 0.2) is 36.4 Å². The molecule has 2 aromatic rings. The summed E-state index contributed by atoms with van der Waals surface area (Å²) in [6.45, 7) is 3.36. The van der Waals surface area contributed by atoms with Crippen LogP contribution >= 0.6 is 0 Å². The molecular weight excluding hydrogens is 408 g/mol. The summed E-state index contributed by atoms with van der Waals surface area (Å²) in [7, 11) is 2.25. The number of benzene rings is 2. The SMILES string of the molecule is CCS(=O)(=O)N(C)c1cc(OC)c(OC)cc1C(=O)N[C@@H](C)c1ccccc1OC. The lowest BCUT2D eigenvalue weighted by Gasteiger charge is -2.24. The van der Waals surface area contributed by atoms with E-state index in [4.69, 9.17) is 14.2 Å². The van der Waals surface area contributed by atoms with Crippen LogP contribution in [0.3, 0.4) is 0 Å². The third-order valence-corrected chi connectivity index (χ3v) is 6.58. The first-order valence-electron chi connectivity index (χ1n) is 9.36. The number of anilines is 1. The van der Waals surface area contributed by atoms with E-state index in [-0.39, 0.29) is 23.0 Å². The van der Waals surface area contributed by atoms with Crippen LogP contribution in [0.1, 0.15) is 35.8 Å². The van der Waals surface area contributed by atoms with Crippen molar-refractivity contribution in [3.63, 3.8) is 0 Å². The number of nitrogens with one attached hydrogen (secondary N) is 1. The van der Waals surface area contributed by atoms with Crippen molar-refractivity contribution in [2.75, 3.05) is 38.4 Å². The number of hydrogen-bond donors (Lipinski definition) is 1. The molecule has 0 aromatic heterocycles. The fourth-order valence-electron chi connectivity index (χ4n) is 3.03. The first-order valence-corrected chi connectivity index (χ1v) is 11.0. The summed E-state index contributed by atoms with van der Waals surface area (Å²) < 4.78 is 42.0. The molecule has 0 aliphatic rings. The molecule has 0 spiro atoms. The van der Waals surface area contributed by atoms with Gasteiger partial charge >= 0.3 is 0 Å². The molecule has 0 radical (unpaired) electrons. The van der Waals surface area contributed by atoms with E-state index >= 15 is 0 Å². The quantitative estimate of drug-likeness (QED) is 0.649. The van der Waals surface area contributed by atoms with Crippen molar-refractivity contribution in [3.05, 3.63) is 47.5 Å². The third kappa shape index (κ3) is 4.79. The monoisotopic (exact) mass is 436 g/mol. The van der Waals surface area contributed by atoms with Gasteiger partial charge in [-0.2, -0.15) is 0 Å². The number of amides is 1. The minimum atomic E-state index is -3.61. The number of hydrogen-bond acceptors (Lipinski definition) is 6. The highest BCUT2D eigenvalue weighted by molar-refractivity contribution is 7.92. The average molecular weight is 437 g/mol. The van der Waals surface area contributed by atoms with Gasteiger partial charge in [0.15, 0.2) is 11.5 Å². The van der Waals surface area contributed by atoms with Gasteiger partial charge in [-0.05, 0) is 26.0 Å². The lowest BCUT2D eigenvalue weighted by atomic mass is 10.1. The number of methoxy groups -OCH3 is 3. The van der Waals surface area contributed by atoms with Gasteiger partial charge in [-0.15, -0.1) is 0 Å². The zero-order chi connectivity index (χ0) is 22.5. The van der Waals surface area contributed by atoms with E-state index in [9.17, 15) is 13.2 Å². The minimum absolute atomic E-state index is 0.115. The zero-order valence-corrected chi connectivity index (χ0v) is 18.9. The van der Waals surface area contributed by atoms with Crippen molar-refractivity contribution in [2.24, 2.45) is 0 Å². The summed E-state index contributed by atoms with van der Waals surface area (Å²) in [5, 5.41) is 2.90. The van der Waals surface area contributed by atoms with Crippen LogP contribution in [-0.2, 0) is 10.0 Å². The van der Waals surface area contributed by atoms with Gasteiger partial charge < -0.3 is 19.5 Å². The standard InChI is InChI=1S/C21H28N2O6S/c1-7-30(25,26)23(3)17-13-20(29-6)19(28-5)12-16(17)21(24)22-14(2)15-10-8-9-11-18(15)27-4/h8-14H,7H2,1-6H3,(H,22,24)/t14-/m0/s1. The Labute approximate surface area is 177 Å². The second-order valence-electron chi connectivity index (χ2n) is 6.53. The summed E-state index contributed by atoms with van der Waals surface area (Å²) >= 11 is 0. The van der Waals surface area contributed by atoms with E-state index in [0.717, 1.165) is 9.87 Å². The van der Waals surface area contributed by atoms with Crippen LogP contribution < -0.4 is 23.8 Å². The van der Waals surface area contributed by atoms with Gasteiger partial charge in [-0.1, -0.05) is 18.2 Å². The van der Waals surface area contributed by atoms with Gasteiger partial charge in [0.25, 0.3) is 5.91 Å². The Kier molecular flexibility index (Phi) is 7.55. The third-order valence-electron chi connectivity index (χ3n) is 4.82. The van der Waals surface area contributed by atoms with Crippen LogP contribution in [0.2, 0.25) is 0 Å². The van der Waals surface area contributed by atoms with Crippen molar-refractivity contribution < 1.29 is 27.4 Å². The Morgan fingerprint density at radius 3 is 2.17 bits per heavy atom. The second-order valence-corrected chi connectivity index (χ2v) is 8.82. The summed E-state index contributed by atoms with van der Waals surface area (Å²) in [4.78, 5) is 13.2. The van der Waals surface area contributed by atoms with Crippen LogP contribution in [0, 0.1) is 0 Å². The largest absolute Gasteiger partial charge is 0.496 e. The molecule has 1 amide bonds. The van der Waals surface area contributed by atoms with Gasteiger partial charge in [0.2, 0.25) is 10.0 Å². The molecule has 0 aliphatic carbocycles. The topological polar surface area (TPSA) is 94.2 Å². The number of carbonyl (C=O) groups is 1. The van der Waals surface area contributed by atoms with Crippen LogP contribution in [0.25, 0.3) is 0 Å². The number of ether oxygens (including phenoxy) is 3. The van der Waals surface area contributed by atoms with Gasteiger partial charge in [0.1, 0.15) is 5.75 Å². The summed E-state index contributed by atoms with van der Waals surface area (Å²) in [6.07, 6.45) is 0. The van der Waals surface area contributed by atoms with E-state index in [1.807, 2.05) is 25.1 Å². The molecule has 1 atom stereocenters. The van der Waals surface area contributed by atoms with Gasteiger partial charge in [-0.25, -0.2) is 8.42 Å². The molecule has 8 nitrogen and oxygen atoms in total. The van der Waals surface area contributed by atoms with Gasteiger partial charge in [-0.3, -0.25) is 9.10 Å². The zero-order valence-electron chi connectivity index (χ0n) is 18.1. The molecule has 0 bridgehead atoms. The Bertz CT molecular complexity index is 1010. The molecule has 0 aliphatic heterocycles. The molecule has 2 rings (SSSR count). The molecule has 164 valence electrons. The number of carbonyl (C=O) groups excluding carboxylic acids is 1. The fraction of sp³-hybridized carbons (Fsp3) is 0.381. The maximum Gasteiger partial charge on any atom is 0.254 e. The number of nitrogens with zero attached hydrogens (tertiary/aromatic N) is 1. The maximum absolute atomic E-state index is 13.2. The number of para-hydroxylation sites is 1. The lowest BCUT2D eigenvalue weighted by Crippen LogP contribution is -2.32. The highest BCUT2D eigenvalue weighted by Gasteiger charge is 2.26. The highest BCUT2D eigenvalue weighted by atomic mass is 32.2. The lowest BCUT2D eigenvalue weighted by molar-refractivity contribution is 0.0940. The molecule has 1 N–H and O–H groups in total. The molecule has 0 fully saturated rings. The Morgan fingerprint density at radius 2 is 1.60 bits per heavy atom. The first-order chi connectivity index (χ1) is 14.2. The Balaban J connectivity index is 2.51. The van der Waals surface area contributed by atoms with Crippen molar-refractivity contribution >= 4 is 21.6 Å². The number of rotatable bonds is 9. The van der Waals surface area contributed by atoms with E-state index in [2.05, 4.69) is 5.32 Å². The molecule has 0 unspecified atom stereocenters. The van der Waals surface area contributed by atoms with Crippen molar-refractivity contribution in [1.82, 2.24) is 5.32 Å². The predicted molar refractivity (Wildman–Crippen MR) is 116 cm³/mol. The van der Waals surface area contributed by atoms with Gasteiger partial charge in [0, 0.05) is 18.7 Å². The van der Waals surface area contributed by atoms with Crippen LogP contribution in [-0.4, -0.2) is 48.5 Å². The first kappa shape index (κ1) is 23.3. The summed E-state index contributed by atoms with van der Waals surface area (Å²) in [5.41, 5.74) is 1.14. The molecule has 0 saturated heterocycles. The molecule has 0 heterocycles. The van der Waals surface area contributed by atoms with E-state index in [1.54, 1.807) is 13.2 Å². The van der Waals surface area contributed by atoms with E-state index < -0.39 is 15.9 Å². The molecular formula is C21H28N2O6S. The minimum Gasteiger partial charge on any atom is -0.496 e. The Hall–Kier alpha value is -2.94. The average Bonchev–Trinajstić information content (AvgIpc) is 2.77. The maximum atomic E-state index is 13.2. The van der Waals surface area contributed by atoms with Crippen molar-refractivity contribution in [3.8, 4) is 17.2 Å². The highest BCUT2D eigenvalue weighted by Crippen LogP contribution is 2.36. The summed E-state index contributed by atoms with van der Waals surface area (Å²) in [5.74, 6) is 0.709.